The van der Waals surface area contributed by atoms with Gasteiger partial charge in [0.25, 0.3) is 11.8 Å². The van der Waals surface area contributed by atoms with E-state index in [0.717, 1.165) is 0 Å². The number of halogens is 3. The number of methoxy groups -OCH3 is 1. The summed E-state index contributed by atoms with van der Waals surface area (Å²) < 4.78 is 16.8. The third kappa shape index (κ3) is 9.84. The Morgan fingerprint density at radius 2 is 1.82 bits per heavy atom. The van der Waals surface area contributed by atoms with Gasteiger partial charge in [-0.1, -0.05) is 37.0 Å². The molecule has 0 bridgehead atoms. The quantitative estimate of drug-likeness (QED) is 0.161. The summed E-state index contributed by atoms with van der Waals surface area (Å²) in [5.41, 5.74) is 3.01. The largest absolute Gasteiger partial charge is 0.493 e. The van der Waals surface area contributed by atoms with E-state index in [0.29, 0.717) is 26.3 Å². The fraction of sp³-hybridized carbons (Fsp3) is 0.360. The second-order valence-corrected chi connectivity index (χ2v) is 10.5. The van der Waals surface area contributed by atoms with Gasteiger partial charge in [-0.15, -0.1) is 0 Å². The first-order valence-corrected chi connectivity index (χ1v) is 13.2. The van der Waals surface area contributed by atoms with Crippen LogP contribution in [-0.4, -0.2) is 55.0 Å². The summed E-state index contributed by atoms with van der Waals surface area (Å²) >= 11 is 14.0. The molecule has 0 fully saturated rings. The highest BCUT2D eigenvalue weighted by molar-refractivity contribution is 14.1. The number of carboxylic acid groups (broad SMARTS) is 1. The Morgan fingerprint density at radius 3 is 2.42 bits per heavy atom. The van der Waals surface area contributed by atoms with Crippen LogP contribution in [0.5, 0.6) is 17.2 Å². The SMILES string of the molecule is COc1cc(/C=N\NC(=O)[C@H](CC(C)C)NC(=O)[C@H](C)Oc2ccc(Cl)cc2Cl)cc(I)c1OCC(=O)O. The molecule has 13 heteroatoms. The molecule has 0 aromatic heterocycles. The van der Waals surface area contributed by atoms with E-state index < -0.39 is 36.5 Å². The van der Waals surface area contributed by atoms with Gasteiger partial charge in [-0.05, 0) is 77.7 Å². The zero-order valence-corrected chi connectivity index (χ0v) is 24.8. The Morgan fingerprint density at radius 1 is 1.11 bits per heavy atom. The molecular formula is C25H28Cl2IN3O7. The van der Waals surface area contributed by atoms with Gasteiger partial charge in [-0.2, -0.15) is 5.10 Å². The maximum Gasteiger partial charge on any atom is 0.341 e. The molecule has 2 aromatic rings. The molecule has 0 aliphatic heterocycles. The number of hydrogen-bond acceptors (Lipinski definition) is 7. The highest BCUT2D eigenvalue weighted by atomic mass is 127. The molecule has 38 heavy (non-hydrogen) atoms. The van der Waals surface area contributed by atoms with E-state index in [4.69, 9.17) is 42.5 Å². The zero-order valence-electron chi connectivity index (χ0n) is 21.1. The predicted octanol–water partition coefficient (Wildman–Crippen LogP) is 4.52. The van der Waals surface area contributed by atoms with Crippen molar-refractivity contribution in [2.75, 3.05) is 13.7 Å². The first kappa shape index (κ1) is 31.4. The summed E-state index contributed by atoms with van der Waals surface area (Å²) in [5.74, 6) is -1.15. The molecule has 0 spiro atoms. The molecule has 0 saturated carbocycles. The van der Waals surface area contributed by atoms with Crippen molar-refractivity contribution in [2.24, 2.45) is 11.0 Å². The van der Waals surface area contributed by atoms with Crippen LogP contribution in [0.4, 0.5) is 0 Å². The van der Waals surface area contributed by atoms with Crippen LogP contribution in [-0.2, 0) is 14.4 Å². The van der Waals surface area contributed by atoms with Crippen molar-refractivity contribution in [1.82, 2.24) is 10.7 Å². The normalized spacial score (nSPS) is 12.6. The summed E-state index contributed by atoms with van der Waals surface area (Å²) in [5, 5.41) is 16.2. The predicted molar refractivity (Wildman–Crippen MR) is 153 cm³/mol. The Balaban J connectivity index is 2.07. The van der Waals surface area contributed by atoms with Gasteiger partial charge in [0.15, 0.2) is 24.2 Å². The van der Waals surface area contributed by atoms with Gasteiger partial charge in [0.1, 0.15) is 11.8 Å². The highest BCUT2D eigenvalue weighted by Crippen LogP contribution is 2.33. The Bertz CT molecular complexity index is 1190. The second kappa shape index (κ2) is 15.0. The topological polar surface area (TPSA) is 136 Å². The molecule has 0 aliphatic rings. The van der Waals surface area contributed by atoms with Gasteiger partial charge in [0.2, 0.25) is 0 Å². The van der Waals surface area contributed by atoms with Crippen LogP contribution in [0.3, 0.4) is 0 Å². The van der Waals surface area contributed by atoms with Gasteiger partial charge >= 0.3 is 5.97 Å². The van der Waals surface area contributed by atoms with E-state index in [9.17, 15) is 14.4 Å². The van der Waals surface area contributed by atoms with Crippen molar-refractivity contribution in [3.05, 3.63) is 49.5 Å². The van der Waals surface area contributed by atoms with Gasteiger partial charge in [0.05, 0.1) is 21.9 Å². The number of ether oxygens (including phenoxy) is 3. The molecule has 2 rings (SSSR count). The molecule has 2 atom stereocenters. The third-order valence-corrected chi connectivity index (χ3v) is 6.22. The Hall–Kier alpha value is -2.77. The Labute approximate surface area is 244 Å². The van der Waals surface area contributed by atoms with Crippen molar-refractivity contribution in [3.63, 3.8) is 0 Å². The van der Waals surface area contributed by atoms with Crippen LogP contribution < -0.4 is 25.0 Å². The minimum atomic E-state index is -1.12. The molecule has 0 heterocycles. The number of nitrogens with one attached hydrogen (secondary N) is 2. The number of carbonyl (C=O) groups is 3. The van der Waals surface area contributed by atoms with Crippen LogP contribution >= 0.6 is 45.8 Å². The first-order chi connectivity index (χ1) is 17.9. The smallest absolute Gasteiger partial charge is 0.341 e. The molecule has 0 radical (unpaired) electrons. The van der Waals surface area contributed by atoms with E-state index in [1.165, 1.54) is 19.4 Å². The molecule has 10 nitrogen and oxygen atoms in total. The van der Waals surface area contributed by atoms with Gasteiger partial charge in [0, 0.05) is 5.02 Å². The Kier molecular flexibility index (Phi) is 12.4. The van der Waals surface area contributed by atoms with Crippen molar-refractivity contribution < 1.29 is 33.7 Å². The van der Waals surface area contributed by atoms with Crippen molar-refractivity contribution in [2.45, 2.75) is 39.3 Å². The molecule has 3 N–H and O–H groups in total. The number of hydrogen-bond donors (Lipinski definition) is 3. The lowest BCUT2D eigenvalue weighted by Crippen LogP contribution is -2.49. The molecule has 0 saturated heterocycles. The molecule has 2 aromatic carbocycles. The second-order valence-electron chi connectivity index (χ2n) is 8.48. The fourth-order valence-electron chi connectivity index (χ4n) is 3.14. The molecule has 2 amide bonds. The van der Waals surface area contributed by atoms with E-state index in [1.54, 1.807) is 31.2 Å². The van der Waals surface area contributed by atoms with Crippen molar-refractivity contribution in [3.8, 4) is 17.2 Å². The van der Waals surface area contributed by atoms with E-state index in [2.05, 4.69) is 15.8 Å². The van der Waals surface area contributed by atoms with E-state index in [-0.39, 0.29) is 22.4 Å². The minimum absolute atomic E-state index is 0.0983. The maximum atomic E-state index is 12.9. The van der Waals surface area contributed by atoms with Gasteiger partial charge in [-0.25, -0.2) is 10.2 Å². The first-order valence-electron chi connectivity index (χ1n) is 11.4. The number of aliphatic carboxylic acids is 1. The van der Waals surface area contributed by atoms with Crippen molar-refractivity contribution >= 4 is 69.8 Å². The lowest BCUT2D eigenvalue weighted by atomic mass is 10.0. The van der Waals surface area contributed by atoms with E-state index >= 15 is 0 Å². The monoisotopic (exact) mass is 679 g/mol. The highest BCUT2D eigenvalue weighted by Gasteiger charge is 2.25. The minimum Gasteiger partial charge on any atom is -0.493 e. The number of carbonyl (C=O) groups excluding carboxylic acids is 2. The standard InChI is InChI=1S/C25H28Cl2IN3O7/c1-13(2)7-19(30-24(34)14(3)38-20-6-5-16(26)10-17(20)27)25(35)31-29-11-15-8-18(28)23(21(9-15)36-4)37-12-22(32)33/h5-6,8-11,13-14,19H,7,12H2,1-4H3,(H,30,34)(H,31,35)(H,32,33)/b29-11-/t14-,19-/m0/s1. The number of hydrazone groups is 1. The average Bonchev–Trinajstić information content (AvgIpc) is 2.83. The molecule has 0 aliphatic carbocycles. The maximum absolute atomic E-state index is 12.9. The van der Waals surface area contributed by atoms with Crippen molar-refractivity contribution in [1.29, 1.82) is 0 Å². The number of rotatable bonds is 13. The summed E-state index contributed by atoms with van der Waals surface area (Å²) in [4.78, 5) is 36.4. The van der Waals surface area contributed by atoms with Crippen LogP contribution in [0, 0.1) is 9.49 Å². The zero-order chi connectivity index (χ0) is 28.4. The van der Waals surface area contributed by atoms with E-state index in [1.807, 2.05) is 36.4 Å². The average molecular weight is 680 g/mol. The number of amides is 2. The summed E-state index contributed by atoms with van der Waals surface area (Å²) in [6.07, 6.45) is 0.825. The fourth-order valence-corrected chi connectivity index (χ4v) is 4.38. The number of carboxylic acids is 1. The van der Waals surface area contributed by atoms with Crippen LogP contribution in [0.25, 0.3) is 0 Å². The van der Waals surface area contributed by atoms with Crippen LogP contribution in [0.15, 0.2) is 35.4 Å². The number of benzene rings is 2. The van der Waals surface area contributed by atoms with Gasteiger partial charge < -0.3 is 24.6 Å². The van der Waals surface area contributed by atoms with Crippen LogP contribution in [0.1, 0.15) is 32.8 Å². The lowest BCUT2D eigenvalue weighted by Gasteiger charge is -2.22. The molecular weight excluding hydrogens is 652 g/mol. The van der Waals surface area contributed by atoms with Gasteiger partial charge in [-0.3, -0.25) is 9.59 Å². The lowest BCUT2D eigenvalue weighted by molar-refractivity contribution is -0.139. The summed E-state index contributed by atoms with van der Waals surface area (Å²) in [6.45, 7) is 4.87. The number of nitrogens with zero attached hydrogens (tertiary/aromatic N) is 1. The van der Waals surface area contributed by atoms with Crippen LogP contribution in [0.2, 0.25) is 10.0 Å². The summed E-state index contributed by atoms with van der Waals surface area (Å²) in [7, 11) is 1.42. The third-order valence-electron chi connectivity index (χ3n) is 4.89. The summed E-state index contributed by atoms with van der Waals surface area (Å²) in [6, 6.07) is 7.06. The molecule has 206 valence electrons. The molecule has 0 unspecified atom stereocenters.